The van der Waals surface area contributed by atoms with Gasteiger partial charge in [-0.1, -0.05) is 48.5 Å². The fourth-order valence-electron chi connectivity index (χ4n) is 4.37. The van der Waals surface area contributed by atoms with Gasteiger partial charge in [-0.15, -0.1) is 0 Å². The van der Waals surface area contributed by atoms with Gasteiger partial charge in [-0.3, -0.25) is 9.69 Å². The van der Waals surface area contributed by atoms with Crippen LogP contribution in [0.1, 0.15) is 28.6 Å². The molecule has 1 aliphatic rings. The normalized spacial score (nSPS) is 16.1. The lowest BCUT2D eigenvalue weighted by atomic mass is 10.0. The molecule has 0 bridgehead atoms. The van der Waals surface area contributed by atoms with Crippen molar-refractivity contribution in [2.24, 2.45) is 0 Å². The zero-order valence-corrected chi connectivity index (χ0v) is 19.3. The predicted octanol–water partition coefficient (Wildman–Crippen LogP) is 3.14. The Bertz CT molecular complexity index is 1020. The Hall–Kier alpha value is -2.96. The number of aromatic nitrogens is 2. The quantitative estimate of drug-likeness (QED) is 0.625. The molecule has 1 aliphatic heterocycles. The molecule has 6 heteroatoms. The van der Waals surface area contributed by atoms with Crippen molar-refractivity contribution in [3.63, 3.8) is 0 Å². The standard InChI is InChI=1S/C26H33N5O/c1-20-24(21(2)31(28-20)23-12-8-5-9-13-23)18-26(32)27-25(22-10-6-4-7-11-22)19-30-16-14-29(3)15-17-30/h4-13,25H,14-19H2,1-3H3,(H,27,32). The number of nitrogens with one attached hydrogen (secondary N) is 1. The highest BCUT2D eigenvalue weighted by molar-refractivity contribution is 5.79. The molecular formula is C26H33N5O. The second-order valence-corrected chi connectivity index (χ2v) is 8.71. The Morgan fingerprint density at radius 1 is 0.969 bits per heavy atom. The van der Waals surface area contributed by atoms with Crippen LogP contribution in [0.15, 0.2) is 60.7 Å². The molecule has 4 rings (SSSR count). The first-order chi connectivity index (χ1) is 15.5. The molecule has 1 N–H and O–H groups in total. The fraction of sp³-hybridized carbons (Fsp3) is 0.385. The van der Waals surface area contributed by atoms with Gasteiger partial charge in [0.1, 0.15) is 0 Å². The van der Waals surface area contributed by atoms with E-state index in [1.165, 1.54) is 0 Å². The Kier molecular flexibility index (Phi) is 7.02. The van der Waals surface area contributed by atoms with Crippen molar-refractivity contribution in [2.45, 2.75) is 26.3 Å². The number of carbonyl (C=O) groups excluding carboxylic acids is 1. The van der Waals surface area contributed by atoms with E-state index < -0.39 is 0 Å². The Labute approximate surface area is 190 Å². The van der Waals surface area contributed by atoms with Crippen molar-refractivity contribution in [3.05, 3.63) is 83.2 Å². The van der Waals surface area contributed by atoms with Crippen LogP contribution in [0.2, 0.25) is 0 Å². The van der Waals surface area contributed by atoms with Crippen molar-refractivity contribution < 1.29 is 4.79 Å². The molecule has 2 heterocycles. The van der Waals surface area contributed by atoms with Gasteiger partial charge in [-0.2, -0.15) is 5.10 Å². The average Bonchev–Trinajstić information content (AvgIpc) is 3.09. The van der Waals surface area contributed by atoms with Gasteiger partial charge < -0.3 is 10.2 Å². The molecule has 2 aromatic carbocycles. The first-order valence-electron chi connectivity index (χ1n) is 11.4. The summed E-state index contributed by atoms with van der Waals surface area (Å²) in [5.74, 6) is 0.0341. The number of rotatable bonds is 7. The molecular weight excluding hydrogens is 398 g/mol. The molecule has 1 aromatic heterocycles. The van der Waals surface area contributed by atoms with Crippen molar-refractivity contribution in [1.29, 1.82) is 0 Å². The summed E-state index contributed by atoms with van der Waals surface area (Å²) in [4.78, 5) is 18.0. The SMILES string of the molecule is Cc1nn(-c2ccccc2)c(C)c1CC(=O)NC(CN1CCN(C)CC1)c1ccccc1. The average molecular weight is 432 g/mol. The van der Waals surface area contributed by atoms with Gasteiger partial charge in [-0.05, 0) is 38.6 Å². The second kappa shape index (κ2) is 10.1. The first kappa shape index (κ1) is 22.2. The minimum absolute atomic E-state index is 0.0307. The Morgan fingerprint density at radius 3 is 2.25 bits per heavy atom. The molecule has 1 fully saturated rings. The van der Waals surface area contributed by atoms with Crippen molar-refractivity contribution in [3.8, 4) is 5.69 Å². The minimum atomic E-state index is -0.0307. The highest BCUT2D eigenvalue weighted by atomic mass is 16.1. The van der Waals surface area contributed by atoms with Gasteiger partial charge in [-0.25, -0.2) is 4.68 Å². The maximum absolute atomic E-state index is 13.2. The number of likely N-dealkylation sites (N-methyl/N-ethyl adjacent to an activating group) is 1. The van der Waals surface area contributed by atoms with Gasteiger partial charge in [0.05, 0.1) is 23.8 Å². The second-order valence-electron chi connectivity index (χ2n) is 8.71. The minimum Gasteiger partial charge on any atom is -0.348 e. The summed E-state index contributed by atoms with van der Waals surface area (Å²) in [6, 6.07) is 20.3. The third-order valence-electron chi connectivity index (χ3n) is 6.35. The van der Waals surface area contributed by atoms with Gasteiger partial charge in [0, 0.05) is 44.0 Å². The lowest BCUT2D eigenvalue weighted by Gasteiger charge is -2.35. The molecule has 168 valence electrons. The molecule has 32 heavy (non-hydrogen) atoms. The molecule has 1 amide bonds. The summed E-state index contributed by atoms with van der Waals surface area (Å²) in [5, 5.41) is 8.01. The number of piperazine rings is 1. The molecule has 1 unspecified atom stereocenters. The Balaban J connectivity index is 1.48. The number of hydrogen-bond acceptors (Lipinski definition) is 4. The molecule has 3 aromatic rings. The van der Waals surface area contributed by atoms with E-state index in [2.05, 4.69) is 34.3 Å². The molecule has 0 saturated carbocycles. The monoisotopic (exact) mass is 431 g/mol. The van der Waals surface area contributed by atoms with E-state index in [4.69, 9.17) is 5.10 Å². The van der Waals surface area contributed by atoms with Crippen LogP contribution in [0.4, 0.5) is 0 Å². The van der Waals surface area contributed by atoms with E-state index in [-0.39, 0.29) is 11.9 Å². The van der Waals surface area contributed by atoms with Gasteiger partial charge in [0.15, 0.2) is 0 Å². The molecule has 1 atom stereocenters. The summed E-state index contributed by atoms with van der Waals surface area (Å²) in [6.07, 6.45) is 0.330. The summed E-state index contributed by atoms with van der Waals surface area (Å²) in [5.41, 5.74) is 5.07. The van der Waals surface area contributed by atoms with Gasteiger partial charge >= 0.3 is 0 Å². The molecule has 1 saturated heterocycles. The van der Waals surface area contributed by atoms with Crippen LogP contribution in [-0.4, -0.2) is 65.3 Å². The van der Waals surface area contributed by atoms with Crippen LogP contribution < -0.4 is 5.32 Å². The van der Waals surface area contributed by atoms with Crippen LogP contribution in [0, 0.1) is 13.8 Å². The van der Waals surface area contributed by atoms with E-state index >= 15 is 0 Å². The maximum atomic E-state index is 13.2. The lowest BCUT2D eigenvalue weighted by molar-refractivity contribution is -0.121. The highest BCUT2D eigenvalue weighted by Gasteiger charge is 2.23. The number of aryl methyl sites for hydroxylation is 1. The zero-order chi connectivity index (χ0) is 22.5. The maximum Gasteiger partial charge on any atom is 0.225 e. The third kappa shape index (κ3) is 5.26. The fourth-order valence-corrected chi connectivity index (χ4v) is 4.37. The predicted molar refractivity (Wildman–Crippen MR) is 128 cm³/mol. The van der Waals surface area contributed by atoms with Crippen molar-refractivity contribution in [1.82, 2.24) is 24.9 Å². The number of nitrogens with zero attached hydrogens (tertiary/aromatic N) is 4. The molecule has 0 spiro atoms. The number of amides is 1. The number of para-hydroxylation sites is 1. The molecule has 0 radical (unpaired) electrons. The summed E-state index contributed by atoms with van der Waals surface area (Å²) >= 11 is 0. The van der Waals surface area contributed by atoms with Crippen molar-refractivity contribution in [2.75, 3.05) is 39.8 Å². The first-order valence-corrected chi connectivity index (χ1v) is 11.4. The van der Waals surface area contributed by atoms with Gasteiger partial charge in [0.25, 0.3) is 0 Å². The van der Waals surface area contributed by atoms with Crippen LogP contribution in [0.3, 0.4) is 0 Å². The largest absolute Gasteiger partial charge is 0.348 e. The van der Waals surface area contributed by atoms with E-state index in [0.29, 0.717) is 6.42 Å². The van der Waals surface area contributed by atoms with Crippen LogP contribution in [0.5, 0.6) is 0 Å². The Morgan fingerprint density at radius 2 is 1.59 bits per heavy atom. The summed E-state index contributed by atoms with van der Waals surface area (Å²) in [7, 11) is 2.16. The van der Waals surface area contributed by atoms with Crippen LogP contribution in [-0.2, 0) is 11.2 Å². The molecule has 0 aliphatic carbocycles. The summed E-state index contributed by atoms with van der Waals surface area (Å²) < 4.78 is 1.93. The molecule has 6 nitrogen and oxygen atoms in total. The lowest BCUT2D eigenvalue weighted by Crippen LogP contribution is -2.48. The van der Waals surface area contributed by atoms with E-state index in [1.54, 1.807) is 0 Å². The zero-order valence-electron chi connectivity index (χ0n) is 19.3. The van der Waals surface area contributed by atoms with E-state index in [1.807, 2.05) is 67.1 Å². The smallest absolute Gasteiger partial charge is 0.225 e. The van der Waals surface area contributed by atoms with Crippen molar-refractivity contribution >= 4 is 5.91 Å². The van der Waals surface area contributed by atoms with E-state index in [9.17, 15) is 4.79 Å². The number of benzene rings is 2. The number of hydrogen-bond donors (Lipinski definition) is 1. The highest BCUT2D eigenvalue weighted by Crippen LogP contribution is 2.20. The van der Waals surface area contributed by atoms with Crippen LogP contribution >= 0.6 is 0 Å². The topological polar surface area (TPSA) is 53.4 Å². The number of carbonyl (C=O) groups is 1. The van der Waals surface area contributed by atoms with E-state index in [0.717, 1.165) is 60.9 Å². The van der Waals surface area contributed by atoms with Gasteiger partial charge in [0.2, 0.25) is 5.91 Å². The summed E-state index contributed by atoms with van der Waals surface area (Å²) in [6.45, 7) is 9.02. The van der Waals surface area contributed by atoms with Crippen LogP contribution in [0.25, 0.3) is 5.69 Å². The third-order valence-corrected chi connectivity index (χ3v) is 6.35.